The fourth-order valence-electron chi connectivity index (χ4n) is 5.00. The number of sulfonamides is 1. The van der Waals surface area contributed by atoms with Crippen molar-refractivity contribution in [3.8, 4) is 0 Å². The van der Waals surface area contributed by atoms with Crippen LogP contribution in [0.25, 0.3) is 10.2 Å². The van der Waals surface area contributed by atoms with Crippen molar-refractivity contribution in [3.05, 3.63) is 53.6 Å². The van der Waals surface area contributed by atoms with Gasteiger partial charge in [-0.3, -0.25) is 9.69 Å². The number of fused-ring (bicyclic) bond motifs is 1. The number of benzene rings is 2. The molecule has 2 unspecified atom stereocenters. The lowest BCUT2D eigenvalue weighted by Gasteiger charge is -2.34. The first-order chi connectivity index (χ1) is 17.6. The van der Waals surface area contributed by atoms with E-state index < -0.39 is 10.0 Å². The highest BCUT2D eigenvalue weighted by Gasteiger charge is 2.32. The smallest absolute Gasteiger partial charge is 0.260 e. The molecule has 0 saturated carbocycles. The summed E-state index contributed by atoms with van der Waals surface area (Å²) in [5.74, 6) is 0.493. The molecule has 208 valence electrons. The van der Waals surface area contributed by atoms with Gasteiger partial charge in [0.1, 0.15) is 0 Å². The molecule has 1 fully saturated rings. The number of thiazole rings is 1. The molecule has 38 heavy (non-hydrogen) atoms. The number of piperidine rings is 1. The van der Waals surface area contributed by atoms with Gasteiger partial charge in [-0.2, -0.15) is 4.31 Å². The maximum atomic E-state index is 13.7. The zero-order valence-corrected chi connectivity index (χ0v) is 25.3. The number of anilines is 1. The molecule has 2 aromatic carbocycles. The molecule has 0 radical (unpaired) electrons. The Hall–Kier alpha value is -2.04. The number of hydrogen-bond donors (Lipinski definition) is 0. The lowest BCUT2D eigenvalue weighted by molar-refractivity contribution is 0.0986. The van der Waals surface area contributed by atoms with Crippen molar-refractivity contribution in [3.63, 3.8) is 0 Å². The van der Waals surface area contributed by atoms with E-state index in [1.165, 1.54) is 16.9 Å². The van der Waals surface area contributed by atoms with Gasteiger partial charge in [-0.1, -0.05) is 38.2 Å². The topological polar surface area (TPSA) is 73.8 Å². The highest BCUT2D eigenvalue weighted by molar-refractivity contribution is 7.89. The Labute approximate surface area is 237 Å². The number of hydrogen-bond acceptors (Lipinski definition) is 6. The summed E-state index contributed by atoms with van der Waals surface area (Å²) in [4.78, 5) is 22.5. The van der Waals surface area contributed by atoms with E-state index in [9.17, 15) is 13.2 Å². The summed E-state index contributed by atoms with van der Waals surface area (Å²) < 4.78 is 29.2. The van der Waals surface area contributed by atoms with E-state index >= 15 is 0 Å². The molecule has 7 nitrogen and oxygen atoms in total. The highest BCUT2D eigenvalue weighted by atomic mass is 35.5. The van der Waals surface area contributed by atoms with Crippen LogP contribution in [-0.2, 0) is 16.4 Å². The fourth-order valence-corrected chi connectivity index (χ4v) is 7.73. The Balaban J connectivity index is 0.00000400. The number of nitrogens with zero attached hydrogens (tertiary/aromatic N) is 4. The molecule has 4 rings (SSSR count). The van der Waals surface area contributed by atoms with E-state index in [0.29, 0.717) is 42.2 Å². The van der Waals surface area contributed by atoms with Crippen LogP contribution in [0.5, 0.6) is 0 Å². The molecule has 3 aromatic rings. The van der Waals surface area contributed by atoms with E-state index in [4.69, 9.17) is 4.98 Å². The van der Waals surface area contributed by atoms with Crippen LogP contribution in [0.2, 0.25) is 0 Å². The summed E-state index contributed by atoms with van der Waals surface area (Å²) in [5.41, 5.74) is 2.58. The predicted octanol–water partition coefficient (Wildman–Crippen LogP) is 5.55. The SMILES string of the molecule is CCc1ccc2nc(N(CCCN(C)C)C(=O)c3ccc(S(=O)(=O)N4CC(C)CC(C)C4)cc3)sc2c1.Cl. The highest BCUT2D eigenvalue weighted by Crippen LogP contribution is 2.31. The van der Waals surface area contributed by atoms with Crippen LogP contribution < -0.4 is 4.90 Å². The predicted molar refractivity (Wildman–Crippen MR) is 159 cm³/mol. The van der Waals surface area contributed by atoms with Crippen molar-refractivity contribution in [2.75, 3.05) is 45.2 Å². The van der Waals surface area contributed by atoms with Gasteiger partial charge in [0.25, 0.3) is 5.91 Å². The minimum Gasteiger partial charge on any atom is -0.309 e. The lowest BCUT2D eigenvalue weighted by atomic mass is 9.94. The van der Waals surface area contributed by atoms with Crippen LogP contribution in [0.15, 0.2) is 47.4 Å². The molecule has 0 bridgehead atoms. The summed E-state index contributed by atoms with van der Waals surface area (Å²) in [7, 11) is 0.428. The zero-order chi connectivity index (χ0) is 26.7. The monoisotopic (exact) mass is 578 g/mol. The minimum absolute atomic E-state index is 0. The molecule has 1 amide bonds. The first-order valence-corrected chi connectivity index (χ1v) is 15.3. The Morgan fingerprint density at radius 1 is 1.05 bits per heavy atom. The molecule has 0 N–H and O–H groups in total. The summed E-state index contributed by atoms with van der Waals surface area (Å²) in [6.07, 6.45) is 2.78. The number of aromatic nitrogens is 1. The zero-order valence-electron chi connectivity index (χ0n) is 22.9. The average molecular weight is 579 g/mol. The quantitative estimate of drug-likeness (QED) is 0.333. The number of rotatable bonds is 9. The number of amides is 1. The maximum Gasteiger partial charge on any atom is 0.260 e. The van der Waals surface area contributed by atoms with Crippen LogP contribution in [0, 0.1) is 11.8 Å². The third-order valence-electron chi connectivity index (χ3n) is 6.89. The van der Waals surface area contributed by atoms with Gasteiger partial charge in [0.15, 0.2) is 5.13 Å². The van der Waals surface area contributed by atoms with Crippen LogP contribution in [0.3, 0.4) is 0 Å². The first kappa shape index (κ1) is 30.5. The first-order valence-electron chi connectivity index (χ1n) is 13.0. The standard InChI is InChI=1S/C28H38N4O3S2.ClH/c1-6-22-8-13-25-26(17-22)36-28(29-25)32(15-7-14-30(4)5)27(33)23-9-11-24(12-10-23)37(34,35)31-18-20(2)16-21(3)19-31;/h8-13,17,20-21H,6-7,14-16,18-19H2,1-5H3;1H. The van der Waals surface area contributed by atoms with Crippen molar-refractivity contribution in [2.45, 2.75) is 44.9 Å². The molecule has 1 aromatic heterocycles. The van der Waals surface area contributed by atoms with Gasteiger partial charge in [-0.15, -0.1) is 12.4 Å². The second-order valence-corrected chi connectivity index (χ2v) is 13.5. The van der Waals surface area contributed by atoms with Gasteiger partial charge in [0.2, 0.25) is 10.0 Å². The van der Waals surface area contributed by atoms with E-state index in [0.717, 1.165) is 36.0 Å². The summed E-state index contributed by atoms with van der Waals surface area (Å²) >= 11 is 1.52. The van der Waals surface area contributed by atoms with Gasteiger partial charge in [-0.25, -0.2) is 13.4 Å². The van der Waals surface area contributed by atoms with Crippen molar-refractivity contribution >= 4 is 55.0 Å². The Bertz CT molecular complexity index is 1330. The largest absolute Gasteiger partial charge is 0.309 e. The van der Waals surface area contributed by atoms with Crippen molar-refractivity contribution < 1.29 is 13.2 Å². The summed E-state index contributed by atoms with van der Waals surface area (Å²) in [5, 5.41) is 0.667. The van der Waals surface area contributed by atoms with E-state index in [2.05, 4.69) is 37.8 Å². The van der Waals surface area contributed by atoms with Crippen LogP contribution in [-0.4, -0.2) is 68.8 Å². The molecule has 1 saturated heterocycles. The maximum absolute atomic E-state index is 13.7. The minimum atomic E-state index is -3.60. The van der Waals surface area contributed by atoms with Crippen molar-refractivity contribution in [1.29, 1.82) is 0 Å². The molecular weight excluding hydrogens is 540 g/mol. The second-order valence-electron chi connectivity index (χ2n) is 10.6. The van der Waals surface area contributed by atoms with Gasteiger partial charge >= 0.3 is 0 Å². The lowest BCUT2D eigenvalue weighted by Crippen LogP contribution is -2.42. The molecule has 1 aliphatic heterocycles. The second kappa shape index (κ2) is 12.9. The van der Waals surface area contributed by atoms with Crippen LogP contribution in [0.4, 0.5) is 5.13 Å². The Morgan fingerprint density at radius 2 is 1.71 bits per heavy atom. The number of halogens is 1. The van der Waals surface area contributed by atoms with Gasteiger partial charge in [0, 0.05) is 25.2 Å². The molecular formula is C28H39ClN4O3S2. The molecule has 2 atom stereocenters. The van der Waals surface area contributed by atoms with Crippen molar-refractivity contribution in [1.82, 2.24) is 14.2 Å². The molecule has 10 heteroatoms. The van der Waals surface area contributed by atoms with E-state index in [-0.39, 0.29) is 23.2 Å². The van der Waals surface area contributed by atoms with E-state index in [1.54, 1.807) is 33.5 Å². The third-order valence-corrected chi connectivity index (χ3v) is 9.77. The molecule has 0 aliphatic carbocycles. The number of carbonyl (C=O) groups is 1. The summed E-state index contributed by atoms with van der Waals surface area (Å²) in [6, 6.07) is 12.6. The van der Waals surface area contributed by atoms with Crippen LogP contribution in [0.1, 0.15) is 49.5 Å². The third kappa shape index (κ3) is 6.93. The number of carbonyl (C=O) groups excluding carboxylic acids is 1. The molecule has 1 aliphatic rings. The fraction of sp³-hybridized carbons (Fsp3) is 0.500. The van der Waals surface area contributed by atoms with Gasteiger partial charge in [0.05, 0.1) is 15.1 Å². The molecule has 0 spiro atoms. The summed E-state index contributed by atoms with van der Waals surface area (Å²) in [6.45, 7) is 8.75. The van der Waals surface area contributed by atoms with Crippen LogP contribution >= 0.6 is 23.7 Å². The normalized spacial score (nSPS) is 18.5. The average Bonchev–Trinajstić information content (AvgIpc) is 3.28. The Kier molecular flexibility index (Phi) is 10.3. The number of aryl methyl sites for hydroxylation is 1. The molecule has 2 heterocycles. The van der Waals surface area contributed by atoms with Gasteiger partial charge < -0.3 is 4.90 Å². The van der Waals surface area contributed by atoms with E-state index in [1.807, 2.05) is 20.2 Å². The van der Waals surface area contributed by atoms with Gasteiger partial charge in [-0.05, 0) is 93.7 Å². The Morgan fingerprint density at radius 3 is 2.32 bits per heavy atom. The van der Waals surface area contributed by atoms with Crippen molar-refractivity contribution in [2.24, 2.45) is 11.8 Å².